The average Bonchev–Trinajstić information content (AvgIpc) is 2.68. The van der Waals surface area contributed by atoms with E-state index in [1.54, 1.807) is 30.5 Å². The second-order valence-electron chi connectivity index (χ2n) is 6.31. The minimum absolute atomic E-state index is 0.0356. The molecule has 0 unspecified atom stereocenters. The number of nitrogens with zero attached hydrogens (tertiary/aromatic N) is 4. The van der Waals surface area contributed by atoms with E-state index in [-0.39, 0.29) is 17.7 Å². The zero-order chi connectivity index (χ0) is 19.7. The fourth-order valence-electron chi connectivity index (χ4n) is 2.97. The SMILES string of the molecule is Cc1cc(F)ccc1N(C)c1ccc(Oc2nc(O)c3ccncc3n2)cc1. The summed E-state index contributed by atoms with van der Waals surface area (Å²) >= 11 is 0. The second-order valence-corrected chi connectivity index (χ2v) is 6.31. The third-order valence-corrected chi connectivity index (χ3v) is 4.41. The molecule has 2 heterocycles. The molecule has 0 saturated carbocycles. The molecule has 6 nitrogen and oxygen atoms in total. The van der Waals surface area contributed by atoms with Gasteiger partial charge in [-0.05, 0) is 61.0 Å². The van der Waals surface area contributed by atoms with E-state index in [4.69, 9.17) is 4.74 Å². The average molecular weight is 376 g/mol. The summed E-state index contributed by atoms with van der Waals surface area (Å²) in [5.41, 5.74) is 3.16. The number of hydrogen-bond acceptors (Lipinski definition) is 6. The third kappa shape index (κ3) is 3.42. The first-order valence-corrected chi connectivity index (χ1v) is 8.60. The zero-order valence-corrected chi connectivity index (χ0v) is 15.3. The van der Waals surface area contributed by atoms with Crippen LogP contribution in [-0.2, 0) is 0 Å². The molecule has 0 bridgehead atoms. The number of rotatable bonds is 4. The van der Waals surface area contributed by atoms with Crippen LogP contribution in [-0.4, -0.2) is 27.1 Å². The van der Waals surface area contributed by atoms with Crippen molar-refractivity contribution in [1.29, 1.82) is 0 Å². The number of halogens is 1. The van der Waals surface area contributed by atoms with Gasteiger partial charge in [-0.25, -0.2) is 4.39 Å². The number of ether oxygens (including phenoxy) is 1. The Morgan fingerprint density at radius 3 is 2.57 bits per heavy atom. The summed E-state index contributed by atoms with van der Waals surface area (Å²) in [6.45, 7) is 1.87. The molecule has 0 fully saturated rings. The molecule has 0 spiro atoms. The Bertz CT molecular complexity index is 1150. The van der Waals surface area contributed by atoms with E-state index in [0.717, 1.165) is 16.9 Å². The van der Waals surface area contributed by atoms with Crippen molar-refractivity contribution in [3.05, 3.63) is 72.3 Å². The smallest absolute Gasteiger partial charge is 0.325 e. The van der Waals surface area contributed by atoms with E-state index in [1.807, 2.05) is 31.0 Å². The van der Waals surface area contributed by atoms with Gasteiger partial charge in [0.05, 0.1) is 17.1 Å². The molecule has 28 heavy (non-hydrogen) atoms. The summed E-state index contributed by atoms with van der Waals surface area (Å²) in [4.78, 5) is 14.2. The van der Waals surface area contributed by atoms with Gasteiger partial charge in [0.1, 0.15) is 11.6 Å². The summed E-state index contributed by atoms with van der Waals surface area (Å²) in [6, 6.07) is 13.7. The number of benzene rings is 2. The van der Waals surface area contributed by atoms with Gasteiger partial charge in [0.25, 0.3) is 0 Å². The van der Waals surface area contributed by atoms with Crippen LogP contribution in [0.15, 0.2) is 60.9 Å². The van der Waals surface area contributed by atoms with Gasteiger partial charge in [-0.2, -0.15) is 9.97 Å². The monoisotopic (exact) mass is 376 g/mol. The van der Waals surface area contributed by atoms with E-state index < -0.39 is 0 Å². The summed E-state index contributed by atoms with van der Waals surface area (Å²) in [5, 5.41) is 10.5. The van der Waals surface area contributed by atoms with Gasteiger partial charge in [-0.1, -0.05) is 0 Å². The molecule has 0 aliphatic carbocycles. The summed E-state index contributed by atoms with van der Waals surface area (Å²) in [7, 11) is 1.91. The lowest BCUT2D eigenvalue weighted by Gasteiger charge is -2.21. The number of aromatic hydroxyl groups is 1. The maximum Gasteiger partial charge on any atom is 0.325 e. The maximum absolute atomic E-state index is 13.3. The number of anilines is 2. The molecule has 0 radical (unpaired) electrons. The Balaban J connectivity index is 1.56. The number of pyridine rings is 1. The van der Waals surface area contributed by atoms with E-state index in [2.05, 4.69) is 15.0 Å². The summed E-state index contributed by atoms with van der Waals surface area (Å²) in [5.74, 6) is 0.105. The van der Waals surface area contributed by atoms with Crippen molar-refractivity contribution in [1.82, 2.24) is 15.0 Å². The normalized spacial score (nSPS) is 10.8. The van der Waals surface area contributed by atoms with Crippen LogP contribution < -0.4 is 9.64 Å². The highest BCUT2D eigenvalue weighted by atomic mass is 19.1. The van der Waals surface area contributed by atoms with Crippen molar-refractivity contribution in [2.24, 2.45) is 0 Å². The highest BCUT2D eigenvalue weighted by Gasteiger charge is 2.11. The quantitative estimate of drug-likeness (QED) is 0.555. The standard InChI is InChI=1S/C21H17FN4O2/c1-13-11-14(22)3-8-19(13)26(2)15-4-6-16(7-5-15)28-21-24-18-12-23-10-9-17(18)20(27)25-21/h3-12H,1-2H3,(H,24,25,27). The molecule has 7 heteroatoms. The van der Waals surface area contributed by atoms with Gasteiger partial charge in [0.15, 0.2) is 0 Å². The highest BCUT2D eigenvalue weighted by Crippen LogP contribution is 2.30. The number of aryl methyl sites for hydroxylation is 1. The first-order valence-electron chi connectivity index (χ1n) is 8.60. The third-order valence-electron chi connectivity index (χ3n) is 4.41. The van der Waals surface area contributed by atoms with Crippen molar-refractivity contribution >= 4 is 22.3 Å². The molecule has 0 saturated heterocycles. The fourth-order valence-corrected chi connectivity index (χ4v) is 2.97. The second kappa shape index (κ2) is 7.11. The molecule has 4 aromatic rings. The largest absolute Gasteiger partial charge is 0.493 e. The lowest BCUT2D eigenvalue weighted by atomic mass is 10.1. The maximum atomic E-state index is 13.3. The number of aromatic nitrogens is 3. The first-order chi connectivity index (χ1) is 13.5. The lowest BCUT2D eigenvalue weighted by Crippen LogP contribution is -2.10. The van der Waals surface area contributed by atoms with E-state index in [1.165, 1.54) is 18.3 Å². The molecule has 0 aliphatic rings. The molecule has 4 rings (SSSR count). The van der Waals surface area contributed by atoms with Crippen LogP contribution in [0.4, 0.5) is 15.8 Å². The Morgan fingerprint density at radius 2 is 1.82 bits per heavy atom. The van der Waals surface area contributed by atoms with Crippen molar-refractivity contribution in [2.75, 3.05) is 11.9 Å². The van der Waals surface area contributed by atoms with Crippen molar-refractivity contribution in [3.8, 4) is 17.6 Å². The summed E-state index contributed by atoms with van der Waals surface area (Å²) < 4.78 is 19.0. The van der Waals surface area contributed by atoms with Crippen molar-refractivity contribution < 1.29 is 14.2 Å². The predicted octanol–water partition coefficient (Wildman–Crippen LogP) is 4.74. The molecule has 140 valence electrons. The van der Waals surface area contributed by atoms with Crippen LogP contribution >= 0.6 is 0 Å². The van der Waals surface area contributed by atoms with Crippen LogP contribution in [0.25, 0.3) is 10.9 Å². The van der Waals surface area contributed by atoms with Crippen LogP contribution in [0.2, 0.25) is 0 Å². The lowest BCUT2D eigenvalue weighted by molar-refractivity contribution is 0.412. The Labute approximate surface area is 160 Å². The molecular formula is C21H17FN4O2. The molecule has 2 aromatic heterocycles. The Morgan fingerprint density at radius 1 is 1.04 bits per heavy atom. The number of fused-ring (bicyclic) bond motifs is 1. The Kier molecular flexibility index (Phi) is 4.49. The molecule has 0 amide bonds. The molecule has 2 aromatic carbocycles. The summed E-state index contributed by atoms with van der Waals surface area (Å²) in [6.07, 6.45) is 3.09. The molecule has 1 N–H and O–H groups in total. The van der Waals surface area contributed by atoms with Crippen LogP contribution in [0.3, 0.4) is 0 Å². The van der Waals surface area contributed by atoms with E-state index in [9.17, 15) is 9.50 Å². The molecule has 0 atom stereocenters. The minimum atomic E-state index is -0.257. The van der Waals surface area contributed by atoms with Crippen LogP contribution in [0.5, 0.6) is 17.6 Å². The minimum Gasteiger partial charge on any atom is -0.493 e. The van der Waals surface area contributed by atoms with Gasteiger partial charge in [0, 0.05) is 24.6 Å². The molecule has 0 aliphatic heterocycles. The first kappa shape index (κ1) is 17.7. The Hall–Kier alpha value is -3.74. The van der Waals surface area contributed by atoms with Gasteiger partial charge in [-0.15, -0.1) is 0 Å². The predicted molar refractivity (Wildman–Crippen MR) is 105 cm³/mol. The molecular weight excluding hydrogens is 359 g/mol. The highest BCUT2D eigenvalue weighted by molar-refractivity contribution is 5.82. The fraction of sp³-hybridized carbons (Fsp3) is 0.0952. The van der Waals surface area contributed by atoms with Crippen LogP contribution in [0.1, 0.15) is 5.56 Å². The number of hydrogen-bond donors (Lipinski definition) is 1. The van der Waals surface area contributed by atoms with Gasteiger partial charge >= 0.3 is 6.01 Å². The van der Waals surface area contributed by atoms with Crippen molar-refractivity contribution in [3.63, 3.8) is 0 Å². The zero-order valence-electron chi connectivity index (χ0n) is 15.3. The van der Waals surface area contributed by atoms with E-state index >= 15 is 0 Å². The topological polar surface area (TPSA) is 71.4 Å². The van der Waals surface area contributed by atoms with Gasteiger partial charge in [0.2, 0.25) is 5.88 Å². The van der Waals surface area contributed by atoms with Crippen LogP contribution in [0, 0.1) is 12.7 Å². The van der Waals surface area contributed by atoms with E-state index in [0.29, 0.717) is 16.7 Å². The van der Waals surface area contributed by atoms with Gasteiger partial charge in [-0.3, -0.25) is 4.98 Å². The van der Waals surface area contributed by atoms with Crippen molar-refractivity contribution in [2.45, 2.75) is 6.92 Å². The van der Waals surface area contributed by atoms with Gasteiger partial charge < -0.3 is 14.7 Å².